The van der Waals surface area contributed by atoms with E-state index in [9.17, 15) is 4.79 Å². The van der Waals surface area contributed by atoms with Gasteiger partial charge in [0, 0.05) is 11.4 Å². The van der Waals surface area contributed by atoms with Gasteiger partial charge in [-0.3, -0.25) is 4.79 Å². The van der Waals surface area contributed by atoms with Crippen LogP contribution in [0.4, 0.5) is 0 Å². The maximum Gasteiger partial charge on any atom is 0.159 e. The number of ketones is 1. The SMILES string of the molecule is CCCCB(CCCC)C(C(=O)c1ccccc1)C(C)(C)C. The molecule has 1 unspecified atom stereocenters. The molecule has 0 aliphatic heterocycles. The maximum atomic E-state index is 13.2. The van der Waals surface area contributed by atoms with Gasteiger partial charge in [-0.2, -0.15) is 0 Å². The number of carbonyl (C=O) groups is 1. The van der Waals surface area contributed by atoms with Crippen molar-refractivity contribution in [3.8, 4) is 0 Å². The molecule has 2 heteroatoms. The highest BCUT2D eigenvalue weighted by atomic mass is 16.1. The number of rotatable bonds is 9. The normalized spacial score (nSPS) is 13.0. The third kappa shape index (κ3) is 5.63. The monoisotopic (exact) mass is 300 g/mol. The molecule has 0 bridgehead atoms. The Kier molecular flexibility index (Phi) is 7.92. The summed E-state index contributed by atoms with van der Waals surface area (Å²) in [6, 6.07) is 9.87. The third-order valence-electron chi connectivity index (χ3n) is 4.60. The van der Waals surface area contributed by atoms with Crippen molar-refractivity contribution in [3.05, 3.63) is 35.9 Å². The lowest BCUT2D eigenvalue weighted by Gasteiger charge is -2.35. The molecule has 0 radical (unpaired) electrons. The molecule has 0 spiro atoms. The molecule has 1 nitrogen and oxygen atoms in total. The first-order valence-electron chi connectivity index (χ1n) is 9.01. The maximum absolute atomic E-state index is 13.2. The van der Waals surface area contributed by atoms with E-state index in [0.29, 0.717) is 12.5 Å². The molecule has 22 heavy (non-hydrogen) atoms. The van der Waals surface area contributed by atoms with E-state index >= 15 is 0 Å². The Morgan fingerprint density at radius 1 is 1.00 bits per heavy atom. The van der Waals surface area contributed by atoms with Crippen molar-refractivity contribution in [2.24, 2.45) is 5.41 Å². The van der Waals surface area contributed by atoms with Crippen molar-refractivity contribution >= 4 is 12.5 Å². The van der Waals surface area contributed by atoms with Crippen LogP contribution in [0.15, 0.2) is 30.3 Å². The Bertz CT molecular complexity index is 425. The van der Waals surface area contributed by atoms with Gasteiger partial charge in [0.1, 0.15) is 0 Å². The fourth-order valence-corrected chi connectivity index (χ4v) is 3.51. The molecule has 1 aromatic carbocycles. The molecule has 0 N–H and O–H groups in total. The van der Waals surface area contributed by atoms with E-state index in [2.05, 4.69) is 34.6 Å². The topological polar surface area (TPSA) is 17.1 Å². The molecular weight excluding hydrogens is 267 g/mol. The fraction of sp³-hybridized carbons (Fsp3) is 0.650. The highest BCUT2D eigenvalue weighted by Crippen LogP contribution is 2.40. The minimum Gasteiger partial charge on any atom is -0.295 e. The Balaban J connectivity index is 3.05. The van der Waals surface area contributed by atoms with Crippen molar-refractivity contribution in [1.82, 2.24) is 0 Å². The minimum absolute atomic E-state index is 0.0130. The van der Waals surface area contributed by atoms with Gasteiger partial charge >= 0.3 is 0 Å². The average Bonchev–Trinajstić information content (AvgIpc) is 2.49. The second kappa shape index (κ2) is 9.17. The van der Waals surface area contributed by atoms with Crippen LogP contribution < -0.4 is 0 Å². The van der Waals surface area contributed by atoms with Crippen molar-refractivity contribution in [2.45, 2.75) is 78.8 Å². The number of benzene rings is 1. The van der Waals surface area contributed by atoms with Gasteiger partial charge in [-0.05, 0) is 5.41 Å². The van der Waals surface area contributed by atoms with Crippen LogP contribution in [0.2, 0.25) is 18.5 Å². The smallest absolute Gasteiger partial charge is 0.159 e. The lowest BCUT2D eigenvalue weighted by Crippen LogP contribution is -2.36. The molecule has 0 heterocycles. The highest BCUT2D eigenvalue weighted by Gasteiger charge is 2.39. The van der Waals surface area contributed by atoms with Gasteiger partial charge in [-0.15, -0.1) is 0 Å². The van der Waals surface area contributed by atoms with Gasteiger partial charge in [-0.25, -0.2) is 0 Å². The first kappa shape index (κ1) is 19.0. The van der Waals surface area contributed by atoms with Crippen LogP contribution >= 0.6 is 0 Å². The van der Waals surface area contributed by atoms with E-state index in [4.69, 9.17) is 0 Å². The number of hydrogen-bond acceptors (Lipinski definition) is 1. The predicted molar refractivity (Wildman–Crippen MR) is 99.2 cm³/mol. The van der Waals surface area contributed by atoms with E-state index in [-0.39, 0.29) is 11.2 Å². The van der Waals surface area contributed by atoms with E-state index in [1.807, 2.05) is 30.3 Å². The third-order valence-corrected chi connectivity index (χ3v) is 4.60. The molecule has 0 fully saturated rings. The Labute approximate surface area is 138 Å². The lowest BCUT2D eigenvalue weighted by atomic mass is 9.31. The number of Topliss-reactive ketones (excluding diaryl/α,β-unsaturated/α-hetero) is 1. The average molecular weight is 300 g/mol. The summed E-state index contributed by atoms with van der Waals surface area (Å²) >= 11 is 0. The zero-order chi connectivity index (χ0) is 16.6. The molecular formula is C20H33BO. The second-order valence-electron chi connectivity index (χ2n) is 7.62. The Morgan fingerprint density at radius 3 is 1.91 bits per heavy atom. The van der Waals surface area contributed by atoms with Gasteiger partial charge in [-0.1, -0.05) is 103 Å². The molecule has 1 atom stereocenters. The standard InChI is InChI=1S/C20H33BO/c1-6-8-15-21(16-9-7-2)19(20(3,4)5)18(22)17-13-11-10-12-14-17/h10-14,19H,6-9,15-16H2,1-5H3. The molecule has 0 amide bonds. The van der Waals surface area contributed by atoms with Crippen LogP contribution in [0.3, 0.4) is 0 Å². The van der Waals surface area contributed by atoms with Crippen molar-refractivity contribution in [2.75, 3.05) is 0 Å². The highest BCUT2D eigenvalue weighted by molar-refractivity contribution is 6.65. The number of carbonyl (C=O) groups excluding carboxylic acids is 1. The van der Waals surface area contributed by atoms with Crippen LogP contribution in [-0.2, 0) is 0 Å². The van der Waals surface area contributed by atoms with E-state index in [0.717, 1.165) is 5.56 Å². The Hall–Kier alpha value is -1.05. The Morgan fingerprint density at radius 2 is 1.50 bits per heavy atom. The van der Waals surface area contributed by atoms with E-state index in [1.54, 1.807) is 0 Å². The summed E-state index contributed by atoms with van der Waals surface area (Å²) < 4.78 is 0. The van der Waals surface area contributed by atoms with Gasteiger partial charge < -0.3 is 0 Å². The molecule has 0 aromatic heterocycles. The molecule has 0 saturated heterocycles. The minimum atomic E-state index is 0.0130. The van der Waals surface area contributed by atoms with Crippen LogP contribution in [0, 0.1) is 5.41 Å². The molecule has 1 aromatic rings. The summed E-state index contributed by atoms with van der Waals surface area (Å²) in [7, 11) is 0. The molecule has 1 rings (SSSR count). The van der Waals surface area contributed by atoms with Crippen LogP contribution in [0.25, 0.3) is 0 Å². The fourth-order valence-electron chi connectivity index (χ4n) is 3.51. The number of hydrogen-bond donors (Lipinski definition) is 0. The van der Waals surface area contributed by atoms with Crippen molar-refractivity contribution in [1.29, 1.82) is 0 Å². The first-order chi connectivity index (χ1) is 10.4. The molecule has 122 valence electrons. The van der Waals surface area contributed by atoms with Gasteiger partial charge in [0.25, 0.3) is 0 Å². The summed E-state index contributed by atoms with van der Waals surface area (Å²) in [6.07, 6.45) is 7.22. The summed E-state index contributed by atoms with van der Waals surface area (Å²) in [5.41, 5.74) is 0.888. The summed E-state index contributed by atoms with van der Waals surface area (Å²) in [5, 5.41) is 0. The first-order valence-corrected chi connectivity index (χ1v) is 9.01. The molecule has 0 aliphatic rings. The van der Waals surface area contributed by atoms with Crippen LogP contribution in [-0.4, -0.2) is 12.5 Å². The van der Waals surface area contributed by atoms with Crippen LogP contribution in [0.5, 0.6) is 0 Å². The van der Waals surface area contributed by atoms with E-state index < -0.39 is 0 Å². The second-order valence-corrected chi connectivity index (χ2v) is 7.62. The summed E-state index contributed by atoms with van der Waals surface area (Å²) in [4.78, 5) is 13.2. The molecule has 0 aliphatic carbocycles. The van der Waals surface area contributed by atoms with Crippen molar-refractivity contribution in [3.63, 3.8) is 0 Å². The summed E-state index contributed by atoms with van der Waals surface area (Å²) in [6.45, 7) is 11.7. The largest absolute Gasteiger partial charge is 0.295 e. The zero-order valence-corrected chi connectivity index (χ0v) is 15.2. The van der Waals surface area contributed by atoms with Gasteiger partial charge in [0.05, 0.1) is 0 Å². The van der Waals surface area contributed by atoms with Gasteiger partial charge in [0.15, 0.2) is 12.5 Å². The number of unbranched alkanes of at least 4 members (excludes halogenated alkanes) is 2. The zero-order valence-electron chi connectivity index (χ0n) is 15.2. The quantitative estimate of drug-likeness (QED) is 0.382. The van der Waals surface area contributed by atoms with E-state index in [1.165, 1.54) is 38.3 Å². The summed E-state index contributed by atoms with van der Waals surface area (Å²) in [5.74, 6) is 0.457. The van der Waals surface area contributed by atoms with Crippen LogP contribution in [0.1, 0.15) is 70.7 Å². The predicted octanol–water partition coefficient (Wildman–Crippen LogP) is 6.38. The van der Waals surface area contributed by atoms with Crippen molar-refractivity contribution < 1.29 is 4.79 Å². The lowest BCUT2D eigenvalue weighted by molar-refractivity contribution is 0.0936. The van der Waals surface area contributed by atoms with Gasteiger partial charge in [0.2, 0.25) is 0 Å². The molecule has 0 saturated carbocycles.